The molecule has 1 saturated heterocycles. The van der Waals surface area contributed by atoms with E-state index in [1.165, 1.54) is 31.4 Å². The maximum atomic E-state index is 5.76. The first-order chi connectivity index (χ1) is 9.81. The van der Waals surface area contributed by atoms with E-state index in [1.807, 2.05) is 0 Å². The number of nitrogens with zero attached hydrogens (tertiary/aromatic N) is 3. The van der Waals surface area contributed by atoms with Crippen LogP contribution >= 0.6 is 0 Å². The van der Waals surface area contributed by atoms with Gasteiger partial charge in [0, 0.05) is 31.9 Å². The average molecular weight is 278 g/mol. The van der Waals surface area contributed by atoms with Crippen LogP contribution in [0.3, 0.4) is 0 Å². The van der Waals surface area contributed by atoms with Gasteiger partial charge in [-0.1, -0.05) is 19.8 Å². The van der Waals surface area contributed by atoms with Gasteiger partial charge < -0.3 is 19.9 Å². The smallest absolute Gasteiger partial charge is 0.206 e. The van der Waals surface area contributed by atoms with Crippen LogP contribution in [0.1, 0.15) is 44.3 Å². The molecule has 1 saturated carbocycles. The van der Waals surface area contributed by atoms with Gasteiger partial charge in [-0.2, -0.15) is 0 Å². The molecule has 0 aromatic carbocycles. The predicted molar refractivity (Wildman–Crippen MR) is 80.1 cm³/mol. The number of rotatable bonds is 4. The van der Waals surface area contributed by atoms with Crippen molar-refractivity contribution in [2.75, 3.05) is 31.1 Å². The lowest BCUT2D eigenvalue weighted by atomic mass is 10.2. The SMILES string of the molecule is CCc1cn(C2CCCC2)c(N2CCOC(CN)C2)n1. The van der Waals surface area contributed by atoms with Gasteiger partial charge in [-0.25, -0.2) is 4.98 Å². The third-order valence-electron chi connectivity index (χ3n) is 4.53. The van der Waals surface area contributed by atoms with E-state index in [4.69, 9.17) is 15.5 Å². The van der Waals surface area contributed by atoms with E-state index in [-0.39, 0.29) is 6.10 Å². The molecule has 1 aromatic rings. The van der Waals surface area contributed by atoms with Crippen LogP contribution in [0.5, 0.6) is 0 Å². The van der Waals surface area contributed by atoms with Gasteiger partial charge in [-0.15, -0.1) is 0 Å². The molecule has 2 aliphatic rings. The molecule has 1 aliphatic carbocycles. The van der Waals surface area contributed by atoms with Gasteiger partial charge in [0.05, 0.1) is 18.4 Å². The van der Waals surface area contributed by atoms with Crippen molar-refractivity contribution in [1.82, 2.24) is 9.55 Å². The molecule has 0 amide bonds. The second kappa shape index (κ2) is 6.14. The highest BCUT2D eigenvalue weighted by Gasteiger charge is 2.27. The molecule has 0 radical (unpaired) electrons. The third kappa shape index (κ3) is 2.69. The molecule has 5 nitrogen and oxygen atoms in total. The molecular formula is C15H26N4O. The summed E-state index contributed by atoms with van der Waals surface area (Å²) in [7, 11) is 0. The number of hydrogen-bond donors (Lipinski definition) is 1. The van der Waals surface area contributed by atoms with Crippen LogP contribution in [0.15, 0.2) is 6.20 Å². The molecule has 0 bridgehead atoms. The van der Waals surface area contributed by atoms with Crippen molar-refractivity contribution >= 4 is 5.95 Å². The summed E-state index contributed by atoms with van der Waals surface area (Å²) >= 11 is 0. The molecule has 1 aromatic heterocycles. The van der Waals surface area contributed by atoms with Crippen molar-refractivity contribution in [3.05, 3.63) is 11.9 Å². The molecule has 2 fully saturated rings. The van der Waals surface area contributed by atoms with Gasteiger partial charge in [0.25, 0.3) is 0 Å². The summed E-state index contributed by atoms with van der Waals surface area (Å²) in [5, 5.41) is 0. The number of morpholine rings is 1. The maximum absolute atomic E-state index is 5.76. The summed E-state index contributed by atoms with van der Waals surface area (Å²) < 4.78 is 8.09. The minimum atomic E-state index is 0.141. The minimum Gasteiger partial charge on any atom is -0.373 e. The molecular weight excluding hydrogens is 252 g/mol. The molecule has 112 valence electrons. The number of hydrogen-bond acceptors (Lipinski definition) is 4. The lowest BCUT2D eigenvalue weighted by Gasteiger charge is -2.34. The lowest BCUT2D eigenvalue weighted by molar-refractivity contribution is 0.0457. The Hall–Kier alpha value is -1.07. The normalized spacial score (nSPS) is 24.5. The number of nitrogens with two attached hydrogens (primary N) is 1. The van der Waals surface area contributed by atoms with Gasteiger partial charge in [-0.05, 0) is 19.3 Å². The number of aromatic nitrogens is 2. The Morgan fingerprint density at radius 2 is 2.20 bits per heavy atom. The summed E-state index contributed by atoms with van der Waals surface area (Å²) in [6.07, 6.45) is 8.67. The van der Waals surface area contributed by atoms with E-state index in [2.05, 4.69) is 22.6 Å². The quantitative estimate of drug-likeness (QED) is 0.911. The van der Waals surface area contributed by atoms with Gasteiger partial charge in [0.15, 0.2) is 0 Å². The fourth-order valence-electron chi connectivity index (χ4n) is 3.33. The second-order valence-corrected chi connectivity index (χ2v) is 5.91. The first-order valence-corrected chi connectivity index (χ1v) is 7.96. The first kappa shape index (κ1) is 13.9. The maximum Gasteiger partial charge on any atom is 0.206 e. The van der Waals surface area contributed by atoms with Crippen LogP contribution in [-0.4, -0.2) is 41.9 Å². The van der Waals surface area contributed by atoms with Crippen molar-refractivity contribution < 1.29 is 4.74 Å². The van der Waals surface area contributed by atoms with Crippen molar-refractivity contribution in [3.8, 4) is 0 Å². The Morgan fingerprint density at radius 3 is 2.90 bits per heavy atom. The number of aryl methyl sites for hydroxylation is 1. The van der Waals surface area contributed by atoms with E-state index >= 15 is 0 Å². The summed E-state index contributed by atoms with van der Waals surface area (Å²) in [6, 6.07) is 0.636. The van der Waals surface area contributed by atoms with E-state index in [0.717, 1.165) is 32.1 Å². The standard InChI is InChI=1S/C15H26N4O/c1-2-12-10-19(13-5-3-4-6-13)15(17-12)18-7-8-20-14(9-16)11-18/h10,13-14H,2-9,11,16H2,1H3. The zero-order valence-corrected chi connectivity index (χ0v) is 12.4. The molecule has 0 spiro atoms. The van der Waals surface area contributed by atoms with Crippen LogP contribution in [-0.2, 0) is 11.2 Å². The van der Waals surface area contributed by atoms with Crippen LogP contribution < -0.4 is 10.6 Å². The summed E-state index contributed by atoms with van der Waals surface area (Å²) in [4.78, 5) is 7.22. The minimum absolute atomic E-state index is 0.141. The number of anilines is 1. The molecule has 20 heavy (non-hydrogen) atoms. The molecule has 1 aliphatic heterocycles. The predicted octanol–water partition coefficient (Wildman–Crippen LogP) is 1.72. The molecule has 3 rings (SSSR count). The summed E-state index contributed by atoms with van der Waals surface area (Å²) in [5.41, 5.74) is 6.95. The van der Waals surface area contributed by atoms with Gasteiger partial charge in [0.2, 0.25) is 5.95 Å². The fraction of sp³-hybridized carbons (Fsp3) is 0.800. The lowest BCUT2D eigenvalue weighted by Crippen LogP contribution is -2.46. The molecule has 5 heteroatoms. The first-order valence-electron chi connectivity index (χ1n) is 7.96. The Labute approximate surface area is 121 Å². The van der Waals surface area contributed by atoms with Crippen LogP contribution in [0.2, 0.25) is 0 Å². The Morgan fingerprint density at radius 1 is 1.40 bits per heavy atom. The molecule has 2 N–H and O–H groups in total. The van der Waals surface area contributed by atoms with Crippen molar-refractivity contribution in [2.24, 2.45) is 5.73 Å². The van der Waals surface area contributed by atoms with E-state index in [1.54, 1.807) is 0 Å². The van der Waals surface area contributed by atoms with E-state index < -0.39 is 0 Å². The van der Waals surface area contributed by atoms with Crippen molar-refractivity contribution in [2.45, 2.75) is 51.2 Å². The monoisotopic (exact) mass is 278 g/mol. The van der Waals surface area contributed by atoms with Gasteiger partial charge in [0.1, 0.15) is 0 Å². The van der Waals surface area contributed by atoms with Crippen LogP contribution in [0, 0.1) is 0 Å². The summed E-state index contributed by atoms with van der Waals surface area (Å²) in [5.74, 6) is 1.13. The van der Waals surface area contributed by atoms with E-state index in [9.17, 15) is 0 Å². The van der Waals surface area contributed by atoms with Gasteiger partial charge in [-0.3, -0.25) is 0 Å². The van der Waals surface area contributed by atoms with Crippen molar-refractivity contribution in [1.29, 1.82) is 0 Å². The number of ether oxygens (including phenoxy) is 1. The Balaban J connectivity index is 1.84. The summed E-state index contributed by atoms with van der Waals surface area (Å²) in [6.45, 7) is 5.29. The largest absolute Gasteiger partial charge is 0.373 e. The topological polar surface area (TPSA) is 56.3 Å². The van der Waals surface area contributed by atoms with Crippen molar-refractivity contribution in [3.63, 3.8) is 0 Å². The highest BCUT2D eigenvalue weighted by molar-refractivity contribution is 5.35. The average Bonchev–Trinajstić information content (AvgIpc) is 3.15. The Kier molecular flexibility index (Phi) is 4.27. The van der Waals surface area contributed by atoms with Crippen LogP contribution in [0.25, 0.3) is 0 Å². The number of imidazole rings is 1. The molecule has 2 heterocycles. The fourth-order valence-corrected chi connectivity index (χ4v) is 3.33. The molecule has 1 unspecified atom stereocenters. The Bertz CT molecular complexity index is 439. The van der Waals surface area contributed by atoms with Gasteiger partial charge >= 0.3 is 0 Å². The highest BCUT2D eigenvalue weighted by atomic mass is 16.5. The zero-order chi connectivity index (χ0) is 13.9. The van der Waals surface area contributed by atoms with E-state index in [0.29, 0.717) is 12.6 Å². The van der Waals surface area contributed by atoms with Crippen LogP contribution in [0.4, 0.5) is 5.95 Å². The third-order valence-corrected chi connectivity index (χ3v) is 4.53. The zero-order valence-electron chi connectivity index (χ0n) is 12.4. The highest BCUT2D eigenvalue weighted by Crippen LogP contribution is 2.33. The molecule has 1 atom stereocenters. The second-order valence-electron chi connectivity index (χ2n) is 5.91.